The highest BCUT2D eigenvalue weighted by atomic mass is 16.4. The molecule has 0 aliphatic rings. The molecule has 3 heteroatoms. The molecule has 66 valence electrons. The monoisotopic (exact) mass is 167 g/mol. The fraction of sp³-hybridized carbons (Fsp3) is 0.444. The molecule has 0 saturated heterocycles. The predicted octanol–water partition coefficient (Wildman–Crippen LogP) is 1.91. The second kappa shape index (κ2) is 3.95. The molecule has 1 atom stereocenters. The van der Waals surface area contributed by atoms with Crippen molar-refractivity contribution in [1.82, 2.24) is 4.57 Å². The Bertz CT molecular complexity index is 241. The quantitative estimate of drug-likeness (QED) is 0.744. The topological polar surface area (TPSA) is 42.2 Å². The Morgan fingerprint density at radius 2 is 2.08 bits per heavy atom. The van der Waals surface area contributed by atoms with E-state index < -0.39 is 5.97 Å². The Kier molecular flexibility index (Phi) is 2.91. The van der Waals surface area contributed by atoms with Gasteiger partial charge in [-0.3, -0.25) is 4.79 Å². The maximum atomic E-state index is 10.5. The summed E-state index contributed by atoms with van der Waals surface area (Å²) in [4.78, 5) is 10.5. The van der Waals surface area contributed by atoms with Crippen molar-refractivity contribution in [3.05, 3.63) is 24.5 Å². The van der Waals surface area contributed by atoms with E-state index in [0.717, 1.165) is 6.42 Å². The fourth-order valence-electron chi connectivity index (χ4n) is 1.25. The van der Waals surface area contributed by atoms with Gasteiger partial charge in [0.15, 0.2) is 0 Å². The van der Waals surface area contributed by atoms with E-state index in [0.29, 0.717) is 0 Å². The van der Waals surface area contributed by atoms with Crippen LogP contribution < -0.4 is 0 Å². The van der Waals surface area contributed by atoms with Gasteiger partial charge in [0.1, 0.15) is 0 Å². The first kappa shape index (κ1) is 8.84. The van der Waals surface area contributed by atoms with Gasteiger partial charge in [-0.05, 0) is 18.6 Å². The molecular weight excluding hydrogens is 154 g/mol. The molecule has 0 fully saturated rings. The van der Waals surface area contributed by atoms with Crippen LogP contribution in [0.2, 0.25) is 0 Å². The van der Waals surface area contributed by atoms with Crippen LogP contribution in [0.3, 0.4) is 0 Å². The van der Waals surface area contributed by atoms with Gasteiger partial charge in [-0.2, -0.15) is 0 Å². The van der Waals surface area contributed by atoms with Crippen LogP contribution in [-0.4, -0.2) is 15.6 Å². The van der Waals surface area contributed by atoms with Crippen molar-refractivity contribution in [2.45, 2.75) is 25.8 Å². The van der Waals surface area contributed by atoms with Gasteiger partial charge < -0.3 is 9.67 Å². The zero-order valence-electron chi connectivity index (χ0n) is 7.10. The lowest BCUT2D eigenvalue weighted by Gasteiger charge is -2.13. The molecular formula is C9H13NO2. The number of rotatable bonds is 4. The number of aromatic nitrogens is 1. The maximum Gasteiger partial charge on any atom is 0.305 e. The molecule has 0 radical (unpaired) electrons. The van der Waals surface area contributed by atoms with Gasteiger partial charge in [-0.15, -0.1) is 0 Å². The summed E-state index contributed by atoms with van der Waals surface area (Å²) >= 11 is 0. The minimum Gasteiger partial charge on any atom is -0.481 e. The summed E-state index contributed by atoms with van der Waals surface area (Å²) < 4.78 is 1.94. The molecule has 0 amide bonds. The van der Waals surface area contributed by atoms with Gasteiger partial charge in [0, 0.05) is 18.4 Å². The Labute approximate surface area is 71.6 Å². The predicted molar refractivity (Wildman–Crippen MR) is 46.0 cm³/mol. The van der Waals surface area contributed by atoms with E-state index in [9.17, 15) is 4.79 Å². The highest BCUT2D eigenvalue weighted by molar-refractivity contribution is 5.67. The van der Waals surface area contributed by atoms with Crippen LogP contribution in [0, 0.1) is 0 Å². The molecule has 3 nitrogen and oxygen atoms in total. The summed E-state index contributed by atoms with van der Waals surface area (Å²) in [5.74, 6) is -0.740. The number of carbonyl (C=O) groups is 1. The zero-order chi connectivity index (χ0) is 8.97. The molecule has 1 N–H and O–H groups in total. The summed E-state index contributed by atoms with van der Waals surface area (Å²) in [5.41, 5.74) is 0. The zero-order valence-corrected chi connectivity index (χ0v) is 7.10. The number of hydrogen-bond acceptors (Lipinski definition) is 1. The first-order valence-electron chi connectivity index (χ1n) is 4.08. The Hall–Kier alpha value is -1.25. The molecule has 0 aliphatic heterocycles. The lowest BCUT2D eigenvalue weighted by molar-refractivity contribution is -0.137. The molecule has 1 unspecified atom stereocenters. The van der Waals surface area contributed by atoms with E-state index in [2.05, 4.69) is 0 Å². The van der Waals surface area contributed by atoms with Crippen LogP contribution in [0.1, 0.15) is 25.8 Å². The van der Waals surface area contributed by atoms with Crippen molar-refractivity contribution in [3.8, 4) is 0 Å². The third-order valence-electron chi connectivity index (χ3n) is 1.93. The standard InChI is InChI=1S/C9H13NO2/c1-2-8(7-9(11)12)10-5-3-4-6-10/h3-6,8H,2,7H2,1H3,(H,11,12). The van der Waals surface area contributed by atoms with Gasteiger partial charge in [0.2, 0.25) is 0 Å². The number of carboxylic acids is 1. The minimum atomic E-state index is -0.740. The summed E-state index contributed by atoms with van der Waals surface area (Å²) in [7, 11) is 0. The molecule has 12 heavy (non-hydrogen) atoms. The molecule has 0 aliphatic carbocycles. The van der Waals surface area contributed by atoms with Crippen molar-refractivity contribution in [1.29, 1.82) is 0 Å². The Morgan fingerprint density at radius 1 is 1.50 bits per heavy atom. The molecule has 0 saturated carbocycles. The normalized spacial score (nSPS) is 12.8. The number of hydrogen-bond donors (Lipinski definition) is 1. The molecule has 0 spiro atoms. The van der Waals surface area contributed by atoms with E-state index in [4.69, 9.17) is 5.11 Å². The lowest BCUT2D eigenvalue weighted by atomic mass is 10.1. The van der Waals surface area contributed by atoms with Crippen LogP contribution in [0.5, 0.6) is 0 Å². The highest BCUT2D eigenvalue weighted by Crippen LogP contribution is 2.15. The van der Waals surface area contributed by atoms with Crippen LogP contribution >= 0.6 is 0 Å². The van der Waals surface area contributed by atoms with Crippen LogP contribution in [0.15, 0.2) is 24.5 Å². The van der Waals surface area contributed by atoms with Crippen molar-refractivity contribution >= 4 is 5.97 Å². The summed E-state index contributed by atoms with van der Waals surface area (Å²) in [6, 6.07) is 3.91. The third-order valence-corrected chi connectivity index (χ3v) is 1.93. The maximum absolute atomic E-state index is 10.5. The largest absolute Gasteiger partial charge is 0.481 e. The van der Waals surface area contributed by atoms with Gasteiger partial charge in [0.25, 0.3) is 0 Å². The SMILES string of the molecule is CCC(CC(=O)O)n1cccc1. The Balaban J connectivity index is 2.63. The average Bonchev–Trinajstić information content (AvgIpc) is 2.51. The van der Waals surface area contributed by atoms with Crippen LogP contribution in [0.25, 0.3) is 0 Å². The van der Waals surface area contributed by atoms with Gasteiger partial charge in [-0.25, -0.2) is 0 Å². The van der Waals surface area contributed by atoms with Crippen molar-refractivity contribution in [3.63, 3.8) is 0 Å². The highest BCUT2D eigenvalue weighted by Gasteiger charge is 2.10. The van der Waals surface area contributed by atoms with Gasteiger partial charge in [0.05, 0.1) is 6.42 Å². The van der Waals surface area contributed by atoms with Gasteiger partial charge >= 0.3 is 5.97 Å². The second-order valence-electron chi connectivity index (χ2n) is 2.79. The summed E-state index contributed by atoms with van der Waals surface area (Å²) in [5, 5.41) is 8.60. The van der Waals surface area contributed by atoms with E-state index in [-0.39, 0.29) is 12.5 Å². The number of aliphatic carboxylic acids is 1. The second-order valence-corrected chi connectivity index (χ2v) is 2.79. The summed E-state index contributed by atoms with van der Waals surface area (Å²) in [6.07, 6.45) is 4.85. The third kappa shape index (κ3) is 2.12. The molecule has 0 bridgehead atoms. The Morgan fingerprint density at radius 3 is 2.50 bits per heavy atom. The molecule has 1 heterocycles. The molecule has 0 aromatic carbocycles. The van der Waals surface area contributed by atoms with Crippen molar-refractivity contribution < 1.29 is 9.90 Å². The number of nitrogens with zero attached hydrogens (tertiary/aromatic N) is 1. The van der Waals surface area contributed by atoms with Crippen LogP contribution in [0.4, 0.5) is 0 Å². The van der Waals surface area contributed by atoms with E-state index in [1.165, 1.54) is 0 Å². The molecule has 1 rings (SSSR count). The van der Waals surface area contributed by atoms with Gasteiger partial charge in [-0.1, -0.05) is 6.92 Å². The summed E-state index contributed by atoms with van der Waals surface area (Å²) in [6.45, 7) is 1.99. The van der Waals surface area contributed by atoms with E-state index in [1.807, 2.05) is 36.0 Å². The minimum absolute atomic E-state index is 0.0949. The van der Waals surface area contributed by atoms with Crippen molar-refractivity contribution in [2.24, 2.45) is 0 Å². The molecule has 1 aromatic rings. The fourth-order valence-corrected chi connectivity index (χ4v) is 1.25. The number of carboxylic acid groups (broad SMARTS) is 1. The van der Waals surface area contributed by atoms with Crippen LogP contribution in [-0.2, 0) is 4.79 Å². The van der Waals surface area contributed by atoms with E-state index >= 15 is 0 Å². The van der Waals surface area contributed by atoms with E-state index in [1.54, 1.807) is 0 Å². The average molecular weight is 167 g/mol. The smallest absolute Gasteiger partial charge is 0.305 e. The molecule has 1 aromatic heterocycles. The first-order chi connectivity index (χ1) is 5.74. The first-order valence-corrected chi connectivity index (χ1v) is 4.08. The van der Waals surface area contributed by atoms with Crippen molar-refractivity contribution in [2.75, 3.05) is 0 Å². The lowest BCUT2D eigenvalue weighted by Crippen LogP contribution is -2.10.